The van der Waals surface area contributed by atoms with Gasteiger partial charge in [0, 0.05) is 23.6 Å². The molecule has 8 heteroatoms. The zero-order valence-electron chi connectivity index (χ0n) is 17.5. The first-order chi connectivity index (χ1) is 14.8. The number of aryl methyl sites for hydroxylation is 1. The summed E-state index contributed by atoms with van der Waals surface area (Å²) in [7, 11) is 0. The summed E-state index contributed by atoms with van der Waals surface area (Å²) in [5.74, 6) is 0.313. The van der Waals surface area contributed by atoms with Gasteiger partial charge in [0.1, 0.15) is 17.1 Å². The van der Waals surface area contributed by atoms with Crippen LogP contribution in [0.25, 0.3) is 0 Å². The Morgan fingerprint density at radius 3 is 2.45 bits per heavy atom. The number of alkyl halides is 3. The molecule has 5 nitrogen and oxygen atoms in total. The largest absolute Gasteiger partial charge is 0.494 e. The quantitative estimate of drug-likeness (QED) is 0.363. The second-order valence-corrected chi connectivity index (χ2v) is 7.15. The van der Waals surface area contributed by atoms with Gasteiger partial charge in [0.05, 0.1) is 6.61 Å². The van der Waals surface area contributed by atoms with E-state index in [4.69, 9.17) is 4.74 Å². The van der Waals surface area contributed by atoms with Gasteiger partial charge in [-0.1, -0.05) is 43.5 Å². The second-order valence-electron chi connectivity index (χ2n) is 7.15. The highest BCUT2D eigenvalue weighted by molar-refractivity contribution is 5.64. The van der Waals surface area contributed by atoms with Crippen molar-refractivity contribution in [3.63, 3.8) is 0 Å². The van der Waals surface area contributed by atoms with Crippen molar-refractivity contribution in [3.8, 4) is 5.75 Å². The number of ether oxygens (including phenoxy) is 1. The highest BCUT2D eigenvalue weighted by Gasteiger charge is 2.35. The molecule has 2 N–H and O–H groups in total. The Hall–Kier alpha value is -3.29. The van der Waals surface area contributed by atoms with Gasteiger partial charge in [-0.25, -0.2) is 4.98 Å². The van der Waals surface area contributed by atoms with Crippen molar-refractivity contribution in [2.45, 2.75) is 39.3 Å². The van der Waals surface area contributed by atoms with E-state index < -0.39 is 11.7 Å². The average Bonchev–Trinajstić information content (AvgIpc) is 2.73. The lowest BCUT2D eigenvalue weighted by Crippen LogP contribution is -2.12. The van der Waals surface area contributed by atoms with Crippen molar-refractivity contribution in [2.75, 3.05) is 17.2 Å². The van der Waals surface area contributed by atoms with Crippen molar-refractivity contribution >= 4 is 23.1 Å². The predicted molar refractivity (Wildman–Crippen MR) is 116 cm³/mol. The van der Waals surface area contributed by atoms with Crippen LogP contribution in [0.5, 0.6) is 5.75 Å². The van der Waals surface area contributed by atoms with Crippen LogP contribution in [0, 0.1) is 6.92 Å². The number of hydrogen-bond donors (Lipinski definition) is 2. The summed E-state index contributed by atoms with van der Waals surface area (Å²) < 4.78 is 46.2. The van der Waals surface area contributed by atoms with E-state index in [9.17, 15) is 13.2 Å². The van der Waals surface area contributed by atoms with Crippen molar-refractivity contribution in [2.24, 2.45) is 0 Å². The van der Waals surface area contributed by atoms with Gasteiger partial charge in [0.25, 0.3) is 0 Å². The van der Waals surface area contributed by atoms with Gasteiger partial charge in [-0.2, -0.15) is 18.2 Å². The fourth-order valence-corrected chi connectivity index (χ4v) is 2.85. The smallest absolute Gasteiger partial charge is 0.421 e. The van der Waals surface area contributed by atoms with Crippen molar-refractivity contribution in [3.05, 3.63) is 65.9 Å². The minimum absolute atomic E-state index is 0.0614. The number of aromatic nitrogens is 2. The van der Waals surface area contributed by atoms with E-state index >= 15 is 0 Å². The molecule has 0 saturated carbocycles. The molecule has 1 heterocycles. The maximum atomic E-state index is 13.5. The van der Waals surface area contributed by atoms with Gasteiger partial charge in [-0.15, -0.1) is 0 Å². The summed E-state index contributed by atoms with van der Waals surface area (Å²) in [5.41, 5.74) is 1.24. The Bertz CT molecular complexity index is 991. The molecule has 2 aromatic carbocycles. The number of rotatable bonds is 9. The van der Waals surface area contributed by atoms with Gasteiger partial charge in [0.2, 0.25) is 5.95 Å². The average molecular weight is 430 g/mol. The maximum absolute atomic E-state index is 13.5. The van der Waals surface area contributed by atoms with Crippen molar-refractivity contribution in [1.82, 2.24) is 9.97 Å². The van der Waals surface area contributed by atoms with Crippen LogP contribution in [0.1, 0.15) is 37.3 Å². The molecule has 1 aromatic heterocycles. The van der Waals surface area contributed by atoms with Crippen LogP contribution in [0.3, 0.4) is 0 Å². The zero-order valence-corrected chi connectivity index (χ0v) is 17.5. The Labute approximate surface area is 179 Å². The molecule has 0 unspecified atom stereocenters. The Kier molecular flexibility index (Phi) is 7.33. The van der Waals surface area contributed by atoms with Gasteiger partial charge in [-0.05, 0) is 37.6 Å². The van der Waals surface area contributed by atoms with Crippen LogP contribution in [-0.4, -0.2) is 16.6 Å². The molecule has 0 amide bonds. The van der Waals surface area contributed by atoms with Gasteiger partial charge in [-0.3, -0.25) is 0 Å². The number of hydrogen-bond acceptors (Lipinski definition) is 5. The number of unbranched alkanes of at least 4 members (excludes halogenated alkanes) is 2. The zero-order chi connectivity index (χ0) is 22.3. The van der Waals surface area contributed by atoms with E-state index in [-0.39, 0.29) is 11.8 Å². The summed E-state index contributed by atoms with van der Waals surface area (Å²) in [6.45, 7) is 4.61. The number of halogens is 3. The monoisotopic (exact) mass is 430 g/mol. The van der Waals surface area contributed by atoms with Crippen LogP contribution in [0.15, 0.2) is 54.7 Å². The van der Waals surface area contributed by atoms with Crippen LogP contribution in [0.2, 0.25) is 0 Å². The lowest BCUT2D eigenvalue weighted by atomic mass is 10.2. The SMILES string of the molecule is CCCCCOc1cccc(Nc2nc(Nc3ccc(C)cc3)ncc2C(F)(F)F)c1. The normalized spacial score (nSPS) is 11.3. The second kappa shape index (κ2) is 10.1. The van der Waals surface area contributed by atoms with Crippen molar-refractivity contribution in [1.29, 1.82) is 0 Å². The first kappa shape index (κ1) is 22.4. The third kappa shape index (κ3) is 6.60. The number of benzene rings is 2. The summed E-state index contributed by atoms with van der Waals surface area (Å²) in [6, 6.07) is 14.2. The molecule has 0 aliphatic carbocycles. The number of nitrogens with one attached hydrogen (secondary N) is 2. The highest BCUT2D eigenvalue weighted by Crippen LogP contribution is 2.35. The van der Waals surface area contributed by atoms with E-state index in [2.05, 4.69) is 27.5 Å². The van der Waals surface area contributed by atoms with Crippen molar-refractivity contribution < 1.29 is 17.9 Å². The Morgan fingerprint density at radius 2 is 1.74 bits per heavy atom. The minimum Gasteiger partial charge on any atom is -0.494 e. The summed E-state index contributed by atoms with van der Waals surface area (Å²) in [5, 5.41) is 5.70. The fraction of sp³-hybridized carbons (Fsp3) is 0.304. The molecule has 0 atom stereocenters. The van der Waals surface area contributed by atoms with Crippen LogP contribution in [0.4, 0.5) is 36.3 Å². The van der Waals surface area contributed by atoms with Crippen LogP contribution >= 0.6 is 0 Å². The number of anilines is 4. The van der Waals surface area contributed by atoms with Gasteiger partial charge in [0.15, 0.2) is 0 Å². The minimum atomic E-state index is -4.60. The topological polar surface area (TPSA) is 59.1 Å². The summed E-state index contributed by atoms with van der Waals surface area (Å²) in [6.07, 6.45) is -0.759. The molecule has 0 fully saturated rings. The molecular formula is C23H25F3N4O. The molecule has 0 radical (unpaired) electrons. The molecule has 31 heavy (non-hydrogen) atoms. The third-order valence-corrected chi connectivity index (χ3v) is 4.52. The maximum Gasteiger partial charge on any atom is 0.421 e. The third-order valence-electron chi connectivity index (χ3n) is 4.52. The van der Waals surface area contributed by atoms with Crippen LogP contribution in [-0.2, 0) is 6.18 Å². The predicted octanol–water partition coefficient (Wildman–Crippen LogP) is 6.86. The molecular weight excluding hydrogens is 405 g/mol. The van der Waals surface area contributed by atoms with E-state index in [0.717, 1.165) is 31.0 Å². The van der Waals surface area contributed by atoms with E-state index in [1.165, 1.54) is 0 Å². The lowest BCUT2D eigenvalue weighted by molar-refractivity contribution is -0.137. The Morgan fingerprint density at radius 1 is 0.968 bits per heavy atom. The lowest BCUT2D eigenvalue weighted by Gasteiger charge is -2.15. The number of nitrogens with zero attached hydrogens (tertiary/aromatic N) is 2. The molecule has 0 aliphatic rings. The molecule has 0 saturated heterocycles. The molecule has 0 bridgehead atoms. The highest BCUT2D eigenvalue weighted by atomic mass is 19.4. The van der Waals surface area contributed by atoms with Crippen LogP contribution < -0.4 is 15.4 Å². The van der Waals surface area contributed by atoms with E-state index in [0.29, 0.717) is 23.7 Å². The molecule has 164 valence electrons. The molecule has 0 aliphatic heterocycles. The standard InChI is InChI=1S/C23H25F3N4O/c1-3-4-5-13-31-19-8-6-7-18(14-19)28-21-20(23(24,25)26)15-27-22(30-21)29-17-11-9-16(2)10-12-17/h6-12,14-15H,3-5,13H2,1-2H3,(H2,27,28,29,30). The summed E-state index contributed by atoms with van der Waals surface area (Å²) in [4.78, 5) is 7.91. The molecule has 3 rings (SSSR count). The Balaban J connectivity index is 1.82. The first-order valence-electron chi connectivity index (χ1n) is 10.1. The van der Waals surface area contributed by atoms with Gasteiger partial charge < -0.3 is 15.4 Å². The fourth-order valence-electron chi connectivity index (χ4n) is 2.85. The van der Waals surface area contributed by atoms with E-state index in [1.54, 1.807) is 24.3 Å². The van der Waals surface area contributed by atoms with Gasteiger partial charge >= 0.3 is 6.18 Å². The summed E-state index contributed by atoms with van der Waals surface area (Å²) >= 11 is 0. The van der Waals surface area contributed by atoms with E-state index in [1.807, 2.05) is 31.2 Å². The molecule has 3 aromatic rings. The first-order valence-corrected chi connectivity index (χ1v) is 10.1. The molecule has 0 spiro atoms.